The highest BCUT2D eigenvalue weighted by molar-refractivity contribution is 6.46. The van der Waals surface area contributed by atoms with Crippen LogP contribution in [0.1, 0.15) is 17.5 Å². The van der Waals surface area contributed by atoms with Crippen LogP contribution in [0, 0.1) is 0 Å². The van der Waals surface area contributed by atoms with Crippen LogP contribution >= 0.6 is 23.2 Å². The van der Waals surface area contributed by atoms with Crippen LogP contribution in [0.4, 0.5) is 0 Å². The van der Waals surface area contributed by atoms with Crippen molar-refractivity contribution in [2.24, 2.45) is 7.05 Å². The van der Waals surface area contributed by atoms with Crippen LogP contribution in [0.5, 0.6) is 0 Å². The maximum Gasteiger partial charge on any atom is 0.217 e. The largest absolute Gasteiger partial charge is 0.392 e. The number of aromatic nitrogens is 1. The van der Waals surface area contributed by atoms with E-state index in [4.69, 9.17) is 23.2 Å². The van der Waals surface area contributed by atoms with Crippen molar-refractivity contribution < 1.29 is 9.67 Å². The Labute approximate surface area is 133 Å². The van der Waals surface area contributed by atoms with Crippen molar-refractivity contribution in [3.05, 3.63) is 57.2 Å². The zero-order valence-corrected chi connectivity index (χ0v) is 13.2. The third-order valence-corrected chi connectivity index (χ3v) is 4.83. The first-order chi connectivity index (χ1) is 10.1. The first kappa shape index (κ1) is 14.6. The van der Waals surface area contributed by atoms with Gasteiger partial charge in [-0.15, -0.1) is 0 Å². The number of aliphatic hydroxyl groups is 1. The van der Waals surface area contributed by atoms with Gasteiger partial charge < -0.3 is 5.11 Å². The van der Waals surface area contributed by atoms with E-state index in [1.807, 2.05) is 43.6 Å². The lowest BCUT2D eigenvalue weighted by Gasteiger charge is -2.14. The predicted octanol–water partition coefficient (Wildman–Crippen LogP) is 3.85. The van der Waals surface area contributed by atoms with E-state index in [-0.39, 0.29) is 6.61 Å². The van der Waals surface area contributed by atoms with Gasteiger partial charge in [-0.3, -0.25) is 0 Å². The van der Waals surface area contributed by atoms with Crippen molar-refractivity contribution in [1.82, 2.24) is 0 Å². The van der Waals surface area contributed by atoms with E-state index >= 15 is 0 Å². The molecule has 2 aromatic rings. The second kappa shape index (κ2) is 5.80. The summed E-state index contributed by atoms with van der Waals surface area (Å²) in [7, 11) is 2.01. The molecule has 0 fully saturated rings. The molecule has 0 bridgehead atoms. The summed E-state index contributed by atoms with van der Waals surface area (Å²) in [5, 5.41) is 11.5. The number of nitrogens with zero attached hydrogens (tertiary/aromatic N) is 1. The number of halogens is 2. The van der Waals surface area contributed by atoms with E-state index in [1.165, 1.54) is 5.56 Å². The average molecular weight is 321 g/mol. The fourth-order valence-electron chi connectivity index (χ4n) is 2.87. The molecule has 108 valence electrons. The number of hydrogen-bond donors (Lipinski definition) is 1. The van der Waals surface area contributed by atoms with Crippen LogP contribution < -0.4 is 4.57 Å². The van der Waals surface area contributed by atoms with Gasteiger partial charge in [0.15, 0.2) is 6.20 Å². The number of benzene rings is 1. The molecule has 1 aromatic carbocycles. The van der Waals surface area contributed by atoms with Crippen molar-refractivity contribution in [2.45, 2.75) is 12.8 Å². The first-order valence-electron chi connectivity index (χ1n) is 6.88. The number of pyridine rings is 1. The van der Waals surface area contributed by atoms with Crippen LogP contribution in [0.15, 0.2) is 36.1 Å². The van der Waals surface area contributed by atoms with Crippen molar-refractivity contribution in [3.8, 4) is 0 Å². The molecule has 1 heterocycles. The Morgan fingerprint density at radius 1 is 1.24 bits per heavy atom. The van der Waals surface area contributed by atoms with Crippen molar-refractivity contribution in [2.75, 3.05) is 6.61 Å². The molecule has 0 amide bonds. The van der Waals surface area contributed by atoms with Crippen LogP contribution in [0.2, 0.25) is 10.0 Å². The third-order valence-electron chi connectivity index (χ3n) is 3.95. The van der Waals surface area contributed by atoms with Gasteiger partial charge in [0, 0.05) is 17.2 Å². The molecule has 3 rings (SSSR count). The Morgan fingerprint density at radius 3 is 2.81 bits per heavy atom. The molecule has 1 aromatic heterocycles. The second-order valence-electron chi connectivity index (χ2n) is 5.24. The third kappa shape index (κ3) is 2.48. The predicted molar refractivity (Wildman–Crippen MR) is 87.7 cm³/mol. The summed E-state index contributed by atoms with van der Waals surface area (Å²) < 4.78 is 2.08. The zero-order chi connectivity index (χ0) is 15.0. The number of allylic oxidation sites excluding steroid dienone is 2. The van der Waals surface area contributed by atoms with Gasteiger partial charge in [-0.2, -0.15) is 0 Å². The number of fused-ring (bicyclic) bond motifs is 3. The van der Waals surface area contributed by atoms with Crippen LogP contribution in [-0.4, -0.2) is 11.7 Å². The molecule has 21 heavy (non-hydrogen) atoms. The number of hydrogen-bond acceptors (Lipinski definition) is 1. The minimum Gasteiger partial charge on any atom is -0.392 e. The average Bonchev–Trinajstić information content (AvgIpc) is 2.46. The van der Waals surface area contributed by atoms with Crippen molar-refractivity contribution in [1.29, 1.82) is 0 Å². The Bertz CT molecular complexity index is 778. The molecule has 0 spiro atoms. The Morgan fingerprint density at radius 2 is 2.05 bits per heavy atom. The summed E-state index contributed by atoms with van der Waals surface area (Å²) in [5.74, 6) is 0. The normalized spacial score (nSPS) is 17.0. The summed E-state index contributed by atoms with van der Waals surface area (Å²) in [6.07, 6.45) is 9.51. The highest BCUT2D eigenvalue weighted by Crippen LogP contribution is 2.38. The molecule has 4 heteroatoms. The summed E-state index contributed by atoms with van der Waals surface area (Å²) in [4.78, 5) is 0. The van der Waals surface area contributed by atoms with E-state index in [1.54, 1.807) is 0 Å². The maximum atomic E-state index is 9.37. The van der Waals surface area contributed by atoms with Gasteiger partial charge in [-0.1, -0.05) is 41.4 Å². The molecule has 1 N–H and O–H groups in total. The Balaban J connectivity index is 2.35. The lowest BCUT2D eigenvalue weighted by Crippen LogP contribution is -2.29. The lowest BCUT2D eigenvalue weighted by molar-refractivity contribution is -0.645. The molecule has 0 saturated heterocycles. The summed E-state index contributed by atoms with van der Waals surface area (Å²) >= 11 is 12.9. The first-order valence-corrected chi connectivity index (χ1v) is 7.64. The topological polar surface area (TPSA) is 24.1 Å². The summed E-state index contributed by atoms with van der Waals surface area (Å²) in [5.41, 5.74) is 4.28. The van der Waals surface area contributed by atoms with E-state index in [9.17, 15) is 5.11 Å². The molecule has 0 saturated carbocycles. The van der Waals surface area contributed by atoms with Gasteiger partial charge in [-0.25, -0.2) is 4.57 Å². The smallest absolute Gasteiger partial charge is 0.217 e. The highest BCUT2D eigenvalue weighted by atomic mass is 35.5. The minimum absolute atomic E-state index is 0.0883. The summed E-state index contributed by atoms with van der Waals surface area (Å²) in [6.45, 7) is 0.0883. The van der Waals surface area contributed by atoms with E-state index in [0.29, 0.717) is 10.0 Å². The lowest BCUT2D eigenvalue weighted by atomic mass is 9.94. The van der Waals surface area contributed by atoms with Gasteiger partial charge >= 0.3 is 0 Å². The monoisotopic (exact) mass is 320 g/mol. The molecule has 1 aliphatic rings. The number of aliphatic hydroxyl groups excluding tert-OH is 1. The minimum atomic E-state index is 0.0883. The molecular weight excluding hydrogens is 305 g/mol. The Hall–Kier alpha value is -1.35. The second-order valence-corrected chi connectivity index (χ2v) is 6.00. The van der Waals surface area contributed by atoms with Crippen molar-refractivity contribution in [3.63, 3.8) is 0 Å². The zero-order valence-electron chi connectivity index (χ0n) is 11.7. The summed E-state index contributed by atoms with van der Waals surface area (Å²) in [6, 6.07) is 3.96. The molecule has 0 radical (unpaired) electrons. The van der Waals surface area contributed by atoms with Crippen LogP contribution in [0.25, 0.3) is 17.0 Å². The number of rotatable bonds is 1. The molecule has 0 atom stereocenters. The fourth-order valence-corrected chi connectivity index (χ4v) is 3.40. The van der Waals surface area contributed by atoms with E-state index in [0.717, 1.165) is 34.9 Å². The van der Waals surface area contributed by atoms with Gasteiger partial charge in [0.05, 0.1) is 22.0 Å². The Kier molecular flexibility index (Phi) is 4.03. The van der Waals surface area contributed by atoms with Crippen LogP contribution in [-0.2, 0) is 13.5 Å². The van der Waals surface area contributed by atoms with Crippen LogP contribution in [0.3, 0.4) is 0 Å². The standard InChI is InChI=1S/C17H16Cl2NO/c1-20-9-3-6-14-16(19)15(18)12-5-2-4-11(10-21)7-8-13(12)17(14)20/h2-6,9,21H,7-8,10H2,1H3/q+1/b5-2?,11-4+. The molecule has 1 aliphatic carbocycles. The molecule has 2 nitrogen and oxygen atoms in total. The van der Waals surface area contributed by atoms with Gasteiger partial charge in [-0.05, 0) is 24.5 Å². The van der Waals surface area contributed by atoms with Crippen molar-refractivity contribution >= 4 is 40.2 Å². The molecular formula is C17H16Cl2NO+. The van der Waals surface area contributed by atoms with E-state index < -0.39 is 0 Å². The SMILES string of the molecule is C[n+]1cccc2c(Cl)c(Cl)c3c(c21)CC/C(CO)=C\C=C3. The maximum absolute atomic E-state index is 9.37. The molecule has 0 aliphatic heterocycles. The number of aryl methyl sites for hydroxylation is 2. The van der Waals surface area contributed by atoms with Gasteiger partial charge in [0.1, 0.15) is 7.05 Å². The van der Waals surface area contributed by atoms with Gasteiger partial charge in [0.2, 0.25) is 5.52 Å². The van der Waals surface area contributed by atoms with Gasteiger partial charge in [0.25, 0.3) is 0 Å². The molecule has 0 unspecified atom stereocenters. The fraction of sp³-hybridized carbons (Fsp3) is 0.235. The van der Waals surface area contributed by atoms with E-state index in [2.05, 4.69) is 4.57 Å². The quantitative estimate of drug-likeness (QED) is 0.793. The highest BCUT2D eigenvalue weighted by Gasteiger charge is 2.22.